The molecule has 0 saturated carbocycles. The number of unbranched alkanes of at least 4 members (excludes halogenated alkanes) is 1. The Balaban J connectivity index is 1.48. The number of benzene rings is 3. The first-order chi connectivity index (χ1) is 19.9. The van der Waals surface area contributed by atoms with Crippen LogP contribution in [0.4, 0.5) is 0 Å². The minimum atomic E-state index is -0.372. The number of aromatic nitrogens is 1. The van der Waals surface area contributed by atoms with E-state index >= 15 is 0 Å². The molecule has 1 aromatic heterocycles. The highest BCUT2D eigenvalue weighted by Crippen LogP contribution is 2.27. The van der Waals surface area contributed by atoms with E-state index in [1.165, 1.54) is 0 Å². The number of carbonyl (C=O) groups is 2. The van der Waals surface area contributed by atoms with Crippen molar-refractivity contribution in [3.63, 3.8) is 0 Å². The van der Waals surface area contributed by atoms with Crippen LogP contribution in [0.5, 0.6) is 0 Å². The number of hydrogen-bond acceptors (Lipinski definition) is 3. The van der Waals surface area contributed by atoms with Gasteiger partial charge in [0.25, 0.3) is 5.91 Å². The Bertz CT molecular complexity index is 1550. The Morgan fingerprint density at radius 3 is 2.37 bits per heavy atom. The summed E-state index contributed by atoms with van der Waals surface area (Å²) >= 11 is 0. The van der Waals surface area contributed by atoms with E-state index < -0.39 is 0 Å². The summed E-state index contributed by atoms with van der Waals surface area (Å²) in [5.74, 6) is -0.441. The van der Waals surface area contributed by atoms with Crippen LogP contribution in [0.25, 0.3) is 16.5 Å². The standard InChI is InChI=1S/C36H40N2O3/c1-6-9-21-41-36(40)26(5)31(7-2)28-17-15-27(16-18-28)24-38-23-25(4)32-22-30(19-20-34(32)38)35(39)37-33(8-3)29-13-11-10-12-14-29/h7,10-20,22-23,33H,5-6,8-9,21,24H2,1-4H3,(H,37,39)/b31-7+. The maximum atomic E-state index is 13.1. The van der Waals surface area contributed by atoms with E-state index in [1.807, 2.05) is 73.7 Å². The van der Waals surface area contributed by atoms with Crippen molar-refractivity contribution in [1.29, 1.82) is 0 Å². The lowest BCUT2D eigenvalue weighted by Gasteiger charge is -2.17. The molecule has 0 fully saturated rings. The zero-order valence-corrected chi connectivity index (χ0v) is 24.6. The van der Waals surface area contributed by atoms with Gasteiger partial charge in [-0.25, -0.2) is 4.79 Å². The van der Waals surface area contributed by atoms with E-state index in [0.29, 0.717) is 24.3 Å². The Morgan fingerprint density at radius 2 is 1.71 bits per heavy atom. The SMILES string of the molecule is C=C(C(=O)OCCCC)/C(=C\C)c1ccc(Cn2cc(C)c3cc(C(=O)NC(CC)c4ccccc4)ccc32)cc1. The Kier molecular flexibility index (Phi) is 9.96. The molecule has 4 rings (SSSR count). The fourth-order valence-electron chi connectivity index (χ4n) is 5.10. The van der Waals surface area contributed by atoms with Crippen molar-refractivity contribution in [3.05, 3.63) is 125 Å². The molecule has 212 valence electrons. The lowest BCUT2D eigenvalue weighted by Crippen LogP contribution is -2.28. The van der Waals surface area contributed by atoms with Gasteiger partial charge < -0.3 is 14.6 Å². The third kappa shape index (κ3) is 7.04. The largest absolute Gasteiger partial charge is 0.462 e. The zero-order chi connectivity index (χ0) is 29.4. The fraction of sp³-hybridized carbons (Fsp3) is 0.278. The third-order valence-electron chi connectivity index (χ3n) is 7.47. The number of aryl methyl sites for hydroxylation is 1. The summed E-state index contributed by atoms with van der Waals surface area (Å²) in [4.78, 5) is 25.6. The third-order valence-corrected chi connectivity index (χ3v) is 7.47. The van der Waals surface area contributed by atoms with Gasteiger partial charge in [0, 0.05) is 29.2 Å². The van der Waals surface area contributed by atoms with Gasteiger partial charge in [0.05, 0.1) is 18.2 Å². The normalized spacial score (nSPS) is 12.2. The van der Waals surface area contributed by atoms with Crippen LogP contribution in [0.1, 0.15) is 78.7 Å². The summed E-state index contributed by atoms with van der Waals surface area (Å²) in [5.41, 5.74) is 7.18. The second-order valence-corrected chi connectivity index (χ2v) is 10.4. The van der Waals surface area contributed by atoms with Crippen LogP contribution in [0, 0.1) is 6.92 Å². The number of fused-ring (bicyclic) bond motifs is 1. The molecule has 5 nitrogen and oxygen atoms in total. The van der Waals surface area contributed by atoms with Crippen molar-refractivity contribution in [2.75, 3.05) is 6.61 Å². The van der Waals surface area contributed by atoms with Gasteiger partial charge in [-0.05, 0) is 72.7 Å². The first-order valence-corrected chi connectivity index (χ1v) is 14.4. The lowest BCUT2D eigenvalue weighted by atomic mass is 9.97. The monoisotopic (exact) mass is 548 g/mol. The maximum Gasteiger partial charge on any atom is 0.338 e. The molecule has 0 radical (unpaired) electrons. The average Bonchev–Trinajstić information content (AvgIpc) is 3.31. The van der Waals surface area contributed by atoms with Crippen molar-refractivity contribution in [2.45, 2.75) is 59.5 Å². The molecular weight excluding hydrogens is 508 g/mol. The van der Waals surface area contributed by atoms with Crippen LogP contribution >= 0.6 is 0 Å². The molecule has 1 unspecified atom stereocenters. The first kappa shape index (κ1) is 29.6. The molecule has 0 saturated heterocycles. The van der Waals surface area contributed by atoms with Gasteiger partial charge in [0.1, 0.15) is 0 Å². The minimum absolute atomic E-state index is 0.0278. The van der Waals surface area contributed by atoms with Gasteiger partial charge in [-0.2, -0.15) is 0 Å². The maximum absolute atomic E-state index is 13.1. The minimum Gasteiger partial charge on any atom is -0.462 e. The number of nitrogens with one attached hydrogen (secondary N) is 1. The molecule has 1 amide bonds. The van der Waals surface area contributed by atoms with Crippen LogP contribution in [-0.2, 0) is 16.1 Å². The predicted octanol–water partition coefficient (Wildman–Crippen LogP) is 8.18. The number of esters is 1. The number of hydrogen-bond donors (Lipinski definition) is 1. The van der Waals surface area contributed by atoms with Crippen molar-refractivity contribution < 1.29 is 14.3 Å². The molecule has 1 atom stereocenters. The molecule has 1 N–H and O–H groups in total. The molecule has 5 heteroatoms. The van der Waals surface area contributed by atoms with Crippen molar-refractivity contribution >= 4 is 28.4 Å². The number of carbonyl (C=O) groups excluding carboxylic acids is 2. The number of allylic oxidation sites excluding steroid dienone is 1. The van der Waals surface area contributed by atoms with E-state index in [2.05, 4.69) is 55.6 Å². The first-order valence-electron chi connectivity index (χ1n) is 14.4. The molecule has 4 aromatic rings. The predicted molar refractivity (Wildman–Crippen MR) is 168 cm³/mol. The molecule has 0 aliphatic heterocycles. The quantitative estimate of drug-likeness (QED) is 0.0840. The molecule has 0 spiro atoms. The Morgan fingerprint density at radius 1 is 1.00 bits per heavy atom. The molecule has 1 heterocycles. The van der Waals surface area contributed by atoms with E-state index in [1.54, 1.807) is 0 Å². The van der Waals surface area contributed by atoms with Gasteiger partial charge in [-0.1, -0.05) is 87.5 Å². The van der Waals surface area contributed by atoms with Gasteiger partial charge in [0.15, 0.2) is 0 Å². The topological polar surface area (TPSA) is 60.3 Å². The fourth-order valence-corrected chi connectivity index (χ4v) is 5.10. The van der Waals surface area contributed by atoms with Crippen LogP contribution < -0.4 is 5.32 Å². The van der Waals surface area contributed by atoms with E-state index in [-0.39, 0.29) is 17.9 Å². The van der Waals surface area contributed by atoms with Crippen LogP contribution in [0.3, 0.4) is 0 Å². The van der Waals surface area contributed by atoms with Gasteiger partial charge in [-0.15, -0.1) is 0 Å². The second-order valence-electron chi connectivity index (χ2n) is 10.4. The molecule has 3 aromatic carbocycles. The number of nitrogens with zero attached hydrogens (tertiary/aromatic N) is 1. The summed E-state index contributed by atoms with van der Waals surface area (Å²) in [5, 5.41) is 4.26. The summed E-state index contributed by atoms with van der Waals surface area (Å²) in [6.07, 6.45) is 6.66. The average molecular weight is 549 g/mol. The Hall–Kier alpha value is -4.38. The molecular formula is C36H40N2O3. The molecule has 0 aliphatic rings. The zero-order valence-electron chi connectivity index (χ0n) is 24.6. The van der Waals surface area contributed by atoms with Crippen LogP contribution in [-0.4, -0.2) is 23.1 Å². The lowest BCUT2D eigenvalue weighted by molar-refractivity contribution is -0.138. The Labute approximate surface area is 243 Å². The number of rotatable bonds is 12. The summed E-state index contributed by atoms with van der Waals surface area (Å²) in [6.45, 7) is 13.2. The van der Waals surface area contributed by atoms with Gasteiger partial charge in [-0.3, -0.25) is 4.79 Å². The van der Waals surface area contributed by atoms with E-state index in [4.69, 9.17) is 4.74 Å². The van der Waals surface area contributed by atoms with E-state index in [0.717, 1.165) is 58.0 Å². The van der Waals surface area contributed by atoms with Crippen molar-refractivity contribution in [2.24, 2.45) is 0 Å². The highest BCUT2D eigenvalue weighted by atomic mass is 16.5. The highest BCUT2D eigenvalue weighted by molar-refractivity contribution is 6.05. The summed E-state index contributed by atoms with van der Waals surface area (Å²) < 4.78 is 7.56. The molecule has 0 aliphatic carbocycles. The highest BCUT2D eigenvalue weighted by Gasteiger charge is 2.17. The number of ether oxygens (including phenoxy) is 1. The summed E-state index contributed by atoms with van der Waals surface area (Å²) in [6, 6.07) is 24.2. The van der Waals surface area contributed by atoms with Gasteiger partial charge in [0.2, 0.25) is 0 Å². The van der Waals surface area contributed by atoms with Crippen molar-refractivity contribution in [3.8, 4) is 0 Å². The molecule has 41 heavy (non-hydrogen) atoms. The van der Waals surface area contributed by atoms with Crippen LogP contribution in [0.2, 0.25) is 0 Å². The van der Waals surface area contributed by atoms with Crippen molar-refractivity contribution in [1.82, 2.24) is 9.88 Å². The number of amides is 1. The van der Waals surface area contributed by atoms with E-state index in [9.17, 15) is 9.59 Å². The summed E-state index contributed by atoms with van der Waals surface area (Å²) in [7, 11) is 0. The van der Waals surface area contributed by atoms with Gasteiger partial charge >= 0.3 is 5.97 Å². The smallest absolute Gasteiger partial charge is 0.338 e. The second kappa shape index (κ2) is 13.8. The van der Waals surface area contributed by atoms with Crippen LogP contribution in [0.15, 0.2) is 97.2 Å². The molecule has 0 bridgehead atoms.